The quantitative estimate of drug-likeness (QED) is 0.337. The second kappa shape index (κ2) is 13.1. The van der Waals surface area contributed by atoms with Crippen molar-refractivity contribution in [3.05, 3.63) is 70.1 Å². The van der Waals surface area contributed by atoms with Gasteiger partial charge in [0.15, 0.2) is 6.61 Å². The fourth-order valence-corrected chi connectivity index (χ4v) is 7.21. The second-order valence-electron chi connectivity index (χ2n) is 9.29. The molecule has 4 rings (SSSR count). The fraction of sp³-hybridized carbons (Fsp3) is 0.321. The van der Waals surface area contributed by atoms with E-state index in [1.54, 1.807) is 50.4 Å². The Hall–Kier alpha value is -3.29. The number of ether oxygens (including phenoxy) is 3. The van der Waals surface area contributed by atoms with Crippen LogP contribution >= 0.6 is 22.9 Å². The SMILES string of the molecule is CCOC(=O)c1c(-c2ccccc2Cl)csc1NC(=O)COC(=O)c1cccc(S(=O)(=O)N2CC(C)OC(C)C2)c1. The molecule has 1 fully saturated rings. The van der Waals surface area contributed by atoms with Gasteiger partial charge >= 0.3 is 11.9 Å². The Morgan fingerprint density at radius 3 is 2.41 bits per heavy atom. The molecule has 1 aromatic heterocycles. The van der Waals surface area contributed by atoms with Gasteiger partial charge in [-0.25, -0.2) is 18.0 Å². The summed E-state index contributed by atoms with van der Waals surface area (Å²) in [5.41, 5.74) is 1.19. The van der Waals surface area contributed by atoms with E-state index in [0.29, 0.717) is 16.1 Å². The van der Waals surface area contributed by atoms with Crippen molar-refractivity contribution in [1.29, 1.82) is 0 Å². The number of anilines is 1. The number of nitrogens with one attached hydrogen (secondary N) is 1. The molecule has 0 saturated carbocycles. The van der Waals surface area contributed by atoms with E-state index >= 15 is 0 Å². The van der Waals surface area contributed by atoms with Gasteiger partial charge in [0.05, 0.1) is 29.3 Å². The molecule has 2 atom stereocenters. The normalized spacial score (nSPS) is 17.6. The van der Waals surface area contributed by atoms with Crippen LogP contribution in [0, 0.1) is 0 Å². The number of hydrogen-bond acceptors (Lipinski definition) is 9. The molecule has 10 nitrogen and oxygen atoms in total. The van der Waals surface area contributed by atoms with Crippen LogP contribution in [-0.4, -0.2) is 69.1 Å². The highest BCUT2D eigenvalue weighted by molar-refractivity contribution is 7.89. The first-order valence-corrected chi connectivity index (χ1v) is 15.5. The number of sulfonamides is 1. The van der Waals surface area contributed by atoms with E-state index < -0.39 is 34.5 Å². The number of carbonyl (C=O) groups excluding carboxylic acids is 3. The van der Waals surface area contributed by atoms with Gasteiger partial charge in [-0.2, -0.15) is 4.31 Å². The molecule has 1 amide bonds. The van der Waals surface area contributed by atoms with E-state index in [1.807, 2.05) is 0 Å². The highest BCUT2D eigenvalue weighted by atomic mass is 35.5. The molecular weight excluding hydrogens is 592 g/mol. The van der Waals surface area contributed by atoms with Crippen molar-refractivity contribution < 1.29 is 37.0 Å². The molecule has 0 radical (unpaired) electrons. The van der Waals surface area contributed by atoms with Crippen LogP contribution in [0.1, 0.15) is 41.5 Å². The first-order valence-electron chi connectivity index (χ1n) is 12.8. The number of halogens is 1. The summed E-state index contributed by atoms with van der Waals surface area (Å²) < 4.78 is 43.7. The molecule has 2 heterocycles. The van der Waals surface area contributed by atoms with Crippen molar-refractivity contribution in [2.24, 2.45) is 0 Å². The fourth-order valence-electron chi connectivity index (χ4n) is 4.37. The van der Waals surface area contributed by atoms with Crippen molar-refractivity contribution in [3.63, 3.8) is 0 Å². The van der Waals surface area contributed by atoms with Gasteiger partial charge in [0.2, 0.25) is 10.0 Å². The number of benzene rings is 2. The summed E-state index contributed by atoms with van der Waals surface area (Å²) in [5.74, 6) is -2.22. The molecule has 218 valence electrons. The van der Waals surface area contributed by atoms with Crippen molar-refractivity contribution in [1.82, 2.24) is 4.31 Å². The summed E-state index contributed by atoms with van der Waals surface area (Å²) >= 11 is 7.43. The largest absolute Gasteiger partial charge is 0.462 e. The lowest BCUT2D eigenvalue weighted by atomic mass is 10.0. The molecule has 2 aromatic carbocycles. The minimum absolute atomic E-state index is 0.0300. The summed E-state index contributed by atoms with van der Waals surface area (Å²) in [6.07, 6.45) is -0.540. The Morgan fingerprint density at radius 1 is 1.02 bits per heavy atom. The molecule has 1 aliphatic rings. The molecule has 1 N–H and O–H groups in total. The van der Waals surface area contributed by atoms with Gasteiger partial charge in [0.25, 0.3) is 5.91 Å². The molecule has 0 aliphatic carbocycles. The maximum atomic E-state index is 13.2. The lowest BCUT2D eigenvalue weighted by Gasteiger charge is -2.34. The molecule has 13 heteroatoms. The van der Waals surface area contributed by atoms with Crippen LogP contribution in [0.5, 0.6) is 0 Å². The van der Waals surface area contributed by atoms with E-state index in [-0.39, 0.29) is 52.9 Å². The lowest BCUT2D eigenvalue weighted by molar-refractivity contribution is -0.119. The number of morpholine rings is 1. The van der Waals surface area contributed by atoms with E-state index in [9.17, 15) is 22.8 Å². The van der Waals surface area contributed by atoms with Gasteiger partial charge in [-0.05, 0) is 45.0 Å². The van der Waals surface area contributed by atoms with Crippen LogP contribution in [-0.2, 0) is 29.0 Å². The predicted molar refractivity (Wildman–Crippen MR) is 155 cm³/mol. The monoisotopic (exact) mass is 620 g/mol. The van der Waals surface area contributed by atoms with E-state index in [2.05, 4.69) is 5.32 Å². The number of rotatable bonds is 9. The first kappa shape index (κ1) is 30.7. The summed E-state index contributed by atoms with van der Waals surface area (Å²) in [4.78, 5) is 38.2. The summed E-state index contributed by atoms with van der Waals surface area (Å²) in [6, 6.07) is 12.4. The average molecular weight is 621 g/mol. The molecule has 1 saturated heterocycles. The van der Waals surface area contributed by atoms with Gasteiger partial charge in [0.1, 0.15) is 10.6 Å². The van der Waals surface area contributed by atoms with Gasteiger partial charge < -0.3 is 19.5 Å². The summed E-state index contributed by atoms with van der Waals surface area (Å²) in [5, 5.41) is 4.91. The predicted octanol–water partition coefficient (Wildman–Crippen LogP) is 4.84. The molecule has 41 heavy (non-hydrogen) atoms. The van der Waals surface area contributed by atoms with Crippen LogP contribution in [0.2, 0.25) is 5.02 Å². The summed E-state index contributed by atoms with van der Waals surface area (Å²) in [6.45, 7) is 5.09. The first-order chi connectivity index (χ1) is 19.5. The van der Waals surface area contributed by atoms with E-state index in [0.717, 1.165) is 11.3 Å². The maximum Gasteiger partial charge on any atom is 0.341 e. The Morgan fingerprint density at radius 2 is 1.73 bits per heavy atom. The zero-order chi connectivity index (χ0) is 29.7. The van der Waals surface area contributed by atoms with Crippen LogP contribution in [0.3, 0.4) is 0 Å². The number of thiophene rings is 1. The lowest BCUT2D eigenvalue weighted by Crippen LogP contribution is -2.48. The van der Waals surface area contributed by atoms with E-state index in [4.69, 9.17) is 25.8 Å². The average Bonchev–Trinajstić information content (AvgIpc) is 3.34. The Kier molecular flexibility index (Phi) is 9.82. The summed E-state index contributed by atoms with van der Waals surface area (Å²) in [7, 11) is -3.88. The van der Waals surface area contributed by atoms with Crippen molar-refractivity contribution in [3.8, 4) is 11.1 Å². The minimum atomic E-state index is -3.88. The molecule has 0 spiro atoms. The zero-order valence-corrected chi connectivity index (χ0v) is 25.0. The number of amides is 1. The topological polar surface area (TPSA) is 128 Å². The number of nitrogens with zero attached hydrogens (tertiary/aromatic N) is 1. The van der Waals surface area contributed by atoms with Crippen molar-refractivity contribution in [2.45, 2.75) is 37.9 Å². The van der Waals surface area contributed by atoms with Gasteiger partial charge in [-0.15, -0.1) is 11.3 Å². The number of esters is 2. The van der Waals surface area contributed by atoms with E-state index in [1.165, 1.54) is 28.6 Å². The second-order valence-corrected chi connectivity index (χ2v) is 12.5. The number of hydrogen-bond donors (Lipinski definition) is 1. The van der Waals surface area contributed by atoms with Crippen molar-refractivity contribution in [2.75, 3.05) is 31.6 Å². The third-order valence-electron chi connectivity index (χ3n) is 6.12. The molecule has 2 unspecified atom stereocenters. The van der Waals surface area contributed by atoms with Crippen LogP contribution in [0.25, 0.3) is 11.1 Å². The van der Waals surface area contributed by atoms with Gasteiger partial charge in [0, 0.05) is 34.6 Å². The molecule has 3 aromatic rings. The Bertz CT molecular complexity index is 1550. The van der Waals surface area contributed by atoms with Crippen LogP contribution in [0.4, 0.5) is 5.00 Å². The highest BCUT2D eigenvalue weighted by Gasteiger charge is 2.32. The maximum absolute atomic E-state index is 13.2. The smallest absolute Gasteiger partial charge is 0.341 e. The van der Waals surface area contributed by atoms with Crippen molar-refractivity contribution >= 4 is 55.8 Å². The van der Waals surface area contributed by atoms with Gasteiger partial charge in [-0.3, -0.25) is 4.79 Å². The number of carbonyl (C=O) groups is 3. The molecule has 0 bridgehead atoms. The van der Waals surface area contributed by atoms with Crippen LogP contribution in [0.15, 0.2) is 58.8 Å². The third-order valence-corrected chi connectivity index (χ3v) is 9.17. The Labute approximate surface area is 247 Å². The third kappa shape index (κ3) is 7.14. The van der Waals surface area contributed by atoms with Gasteiger partial charge in [-0.1, -0.05) is 35.9 Å². The zero-order valence-electron chi connectivity index (χ0n) is 22.6. The Balaban J connectivity index is 1.46. The van der Waals surface area contributed by atoms with Crippen LogP contribution < -0.4 is 5.32 Å². The molecular formula is C28H29ClN2O8S2. The standard InChI is InChI=1S/C28H29ClN2O8S2/c1-4-37-28(34)25-22(21-10-5-6-11-23(21)29)16-40-26(25)30-24(32)15-38-27(33)19-8-7-9-20(12-19)41(35,36)31-13-17(2)39-18(3)14-31/h5-12,16-18H,4,13-15H2,1-3H3,(H,30,32). The molecule has 1 aliphatic heterocycles. The minimum Gasteiger partial charge on any atom is -0.462 e. The highest BCUT2D eigenvalue weighted by Crippen LogP contribution is 2.39.